The van der Waals surface area contributed by atoms with Crippen molar-refractivity contribution in [3.8, 4) is 44.9 Å². The van der Waals surface area contributed by atoms with E-state index in [0.717, 1.165) is 44.8 Å². The average molecular weight is 638 g/mol. The van der Waals surface area contributed by atoms with E-state index in [2.05, 4.69) is 24.3 Å². The topological polar surface area (TPSA) is 65.2 Å². The van der Waals surface area contributed by atoms with Crippen LogP contribution < -0.4 is 0 Å². The standard InChI is InChI=1S/C40H32N2O2.Zn/c1-27(35-25-31(21-23-39(35)43)29-13-5-3-6-14-29)41-37-19-11-9-17-33(37)34-18-10-12-20-38(34)42-28(2)36-26-32(22-24-40(36)44)30-15-7-4-8-16-30;/h3-26,43-44H,1-2H3;. The third-order valence-electron chi connectivity index (χ3n) is 7.66. The van der Waals surface area contributed by atoms with Crippen LogP contribution in [0.4, 0.5) is 11.4 Å². The van der Waals surface area contributed by atoms with Crippen molar-refractivity contribution in [1.29, 1.82) is 0 Å². The van der Waals surface area contributed by atoms with E-state index in [1.54, 1.807) is 12.1 Å². The predicted molar refractivity (Wildman–Crippen MR) is 183 cm³/mol. The SMILES string of the molecule is CC(=Nc1ccccc1-c1ccccc1N=C(C)c1cc(-c2ccccc2)ccc1O)c1cc(-c2ccccc2)ccc1O.[Zn]. The summed E-state index contributed by atoms with van der Waals surface area (Å²) in [5.41, 5.74) is 10.3. The summed E-state index contributed by atoms with van der Waals surface area (Å²) in [4.78, 5) is 10.0. The Morgan fingerprint density at radius 2 is 0.778 bits per heavy atom. The molecule has 2 N–H and O–H groups in total. The zero-order chi connectivity index (χ0) is 30.5. The minimum absolute atomic E-state index is 0. The van der Waals surface area contributed by atoms with Gasteiger partial charge in [0.15, 0.2) is 0 Å². The maximum absolute atomic E-state index is 10.8. The number of hydrogen-bond acceptors (Lipinski definition) is 4. The van der Waals surface area contributed by atoms with E-state index in [1.165, 1.54) is 0 Å². The molecular formula is C40H32N2O2Zn. The number of phenols is 2. The van der Waals surface area contributed by atoms with Gasteiger partial charge in [-0.3, -0.25) is 9.98 Å². The summed E-state index contributed by atoms with van der Waals surface area (Å²) in [6.07, 6.45) is 0. The van der Waals surface area contributed by atoms with E-state index in [-0.39, 0.29) is 31.0 Å². The summed E-state index contributed by atoms with van der Waals surface area (Å²) in [5, 5.41) is 21.5. The van der Waals surface area contributed by atoms with Gasteiger partial charge >= 0.3 is 0 Å². The van der Waals surface area contributed by atoms with Gasteiger partial charge in [-0.05, 0) is 72.5 Å². The molecule has 0 unspecified atom stereocenters. The molecule has 5 heteroatoms. The van der Waals surface area contributed by atoms with Gasteiger partial charge in [0.2, 0.25) is 0 Å². The van der Waals surface area contributed by atoms with Crippen LogP contribution in [0.5, 0.6) is 11.5 Å². The van der Waals surface area contributed by atoms with Crippen LogP contribution in [0, 0.1) is 0 Å². The van der Waals surface area contributed by atoms with Crippen LogP contribution in [0.15, 0.2) is 156 Å². The van der Waals surface area contributed by atoms with Gasteiger partial charge in [0.1, 0.15) is 11.5 Å². The normalized spacial score (nSPS) is 11.6. The summed E-state index contributed by atoms with van der Waals surface area (Å²) < 4.78 is 0. The second-order valence-corrected chi connectivity index (χ2v) is 10.6. The molecule has 0 amide bonds. The van der Waals surface area contributed by atoms with Crippen LogP contribution in [0.2, 0.25) is 0 Å². The molecule has 0 saturated carbocycles. The second kappa shape index (κ2) is 14.1. The fraction of sp³-hybridized carbons (Fsp3) is 0.0500. The summed E-state index contributed by atoms with van der Waals surface area (Å²) in [6, 6.07) is 47.3. The fourth-order valence-electron chi connectivity index (χ4n) is 5.35. The van der Waals surface area contributed by atoms with Crippen LogP contribution in [0.3, 0.4) is 0 Å². The molecule has 0 aliphatic carbocycles. The molecule has 45 heavy (non-hydrogen) atoms. The zero-order valence-electron chi connectivity index (χ0n) is 25.4. The van der Waals surface area contributed by atoms with E-state index >= 15 is 0 Å². The molecule has 0 spiro atoms. The minimum Gasteiger partial charge on any atom is -0.507 e. The molecule has 0 aromatic heterocycles. The maximum atomic E-state index is 10.8. The second-order valence-electron chi connectivity index (χ2n) is 10.6. The van der Waals surface area contributed by atoms with Gasteiger partial charge < -0.3 is 10.2 Å². The Morgan fingerprint density at radius 3 is 1.18 bits per heavy atom. The number of para-hydroxylation sites is 2. The van der Waals surface area contributed by atoms with Crippen molar-refractivity contribution >= 4 is 22.8 Å². The summed E-state index contributed by atoms with van der Waals surface area (Å²) in [6.45, 7) is 3.83. The molecule has 6 rings (SSSR count). The number of nitrogens with zero attached hydrogens (tertiary/aromatic N) is 2. The maximum Gasteiger partial charge on any atom is 0.124 e. The Balaban J connectivity index is 0.00000400. The molecule has 6 aromatic carbocycles. The monoisotopic (exact) mass is 636 g/mol. The van der Waals surface area contributed by atoms with E-state index in [9.17, 15) is 10.2 Å². The predicted octanol–water partition coefficient (Wildman–Crippen LogP) is 10.4. The molecular weight excluding hydrogens is 606 g/mol. The smallest absolute Gasteiger partial charge is 0.124 e. The Kier molecular flexibility index (Phi) is 9.82. The van der Waals surface area contributed by atoms with Crippen molar-refractivity contribution in [3.05, 3.63) is 157 Å². The quantitative estimate of drug-likeness (QED) is 0.135. The number of aromatic hydroxyl groups is 2. The van der Waals surface area contributed by atoms with Gasteiger partial charge in [0.05, 0.1) is 11.4 Å². The van der Waals surface area contributed by atoms with E-state index in [0.29, 0.717) is 22.6 Å². The van der Waals surface area contributed by atoms with Gasteiger partial charge in [-0.2, -0.15) is 0 Å². The molecule has 0 radical (unpaired) electrons. The Labute approximate surface area is 276 Å². The van der Waals surface area contributed by atoms with Gasteiger partial charge in [-0.15, -0.1) is 0 Å². The minimum atomic E-state index is 0. The third-order valence-corrected chi connectivity index (χ3v) is 7.66. The van der Waals surface area contributed by atoms with Gasteiger partial charge in [0, 0.05) is 53.2 Å². The van der Waals surface area contributed by atoms with Crippen LogP contribution in [0.25, 0.3) is 33.4 Å². The van der Waals surface area contributed by atoms with Crippen LogP contribution >= 0.6 is 0 Å². The van der Waals surface area contributed by atoms with Crippen molar-refractivity contribution < 1.29 is 29.7 Å². The van der Waals surface area contributed by atoms with Gasteiger partial charge in [-0.1, -0.05) is 109 Å². The number of aliphatic imine (C=N–C) groups is 2. The molecule has 0 saturated heterocycles. The largest absolute Gasteiger partial charge is 0.507 e. The van der Waals surface area contributed by atoms with E-state index in [4.69, 9.17) is 9.98 Å². The summed E-state index contributed by atoms with van der Waals surface area (Å²) >= 11 is 0. The third kappa shape index (κ3) is 7.01. The van der Waals surface area contributed by atoms with Crippen molar-refractivity contribution in [1.82, 2.24) is 0 Å². The van der Waals surface area contributed by atoms with Crippen molar-refractivity contribution in [3.63, 3.8) is 0 Å². The average Bonchev–Trinajstić information content (AvgIpc) is 3.06. The molecule has 6 aromatic rings. The van der Waals surface area contributed by atoms with Crippen LogP contribution in [-0.2, 0) is 19.5 Å². The molecule has 4 nitrogen and oxygen atoms in total. The first kappa shape index (κ1) is 31.3. The number of benzene rings is 6. The molecule has 0 fully saturated rings. The van der Waals surface area contributed by atoms with E-state index in [1.807, 2.05) is 123 Å². The van der Waals surface area contributed by atoms with Crippen LogP contribution in [-0.4, -0.2) is 21.6 Å². The Morgan fingerprint density at radius 1 is 0.422 bits per heavy atom. The fourth-order valence-corrected chi connectivity index (χ4v) is 5.35. The molecule has 0 atom stereocenters. The molecule has 216 valence electrons. The first-order valence-electron chi connectivity index (χ1n) is 14.5. The molecule has 0 aliphatic rings. The first-order chi connectivity index (χ1) is 21.5. The van der Waals surface area contributed by atoms with E-state index < -0.39 is 0 Å². The molecule has 0 bridgehead atoms. The Hall–Kier alpha value is -5.12. The number of rotatable bonds is 7. The van der Waals surface area contributed by atoms with Gasteiger partial charge in [-0.25, -0.2) is 0 Å². The zero-order valence-corrected chi connectivity index (χ0v) is 28.3. The Bertz CT molecular complexity index is 1850. The first-order valence-corrected chi connectivity index (χ1v) is 14.5. The summed E-state index contributed by atoms with van der Waals surface area (Å²) in [5.74, 6) is 0.364. The number of phenolic OH excluding ortho intramolecular Hbond substituents is 2. The van der Waals surface area contributed by atoms with Crippen molar-refractivity contribution in [2.24, 2.45) is 9.98 Å². The molecule has 0 aliphatic heterocycles. The van der Waals surface area contributed by atoms with Crippen molar-refractivity contribution in [2.45, 2.75) is 13.8 Å². The van der Waals surface area contributed by atoms with Gasteiger partial charge in [0.25, 0.3) is 0 Å². The van der Waals surface area contributed by atoms with Crippen LogP contribution in [0.1, 0.15) is 25.0 Å². The molecule has 0 heterocycles. The number of hydrogen-bond donors (Lipinski definition) is 2. The summed E-state index contributed by atoms with van der Waals surface area (Å²) in [7, 11) is 0. The van der Waals surface area contributed by atoms with Crippen molar-refractivity contribution in [2.75, 3.05) is 0 Å².